The molecule has 0 aliphatic carbocycles. The van der Waals surface area contributed by atoms with Crippen LogP contribution in [0.1, 0.15) is 5.56 Å². The Morgan fingerprint density at radius 1 is 1.77 bits per heavy atom. The average Bonchev–Trinajstić information content (AvgIpc) is 2.10. The van der Waals surface area contributed by atoms with Gasteiger partial charge in [-0.3, -0.25) is 4.79 Å². The number of anilines is 1. The molecule has 1 aromatic rings. The fourth-order valence-corrected chi connectivity index (χ4v) is 0.869. The van der Waals surface area contributed by atoms with Crippen LogP contribution in [0, 0.1) is 11.3 Å². The Morgan fingerprint density at radius 3 is 3.00 bits per heavy atom. The first kappa shape index (κ1) is 9.22. The molecule has 0 saturated carbocycles. The molecule has 0 radical (unpaired) electrons. The third-order valence-corrected chi connectivity index (χ3v) is 1.49. The molecule has 3 N–H and O–H groups in total. The predicted octanol–water partition coefficient (Wildman–Crippen LogP) is -1.31. The molecule has 0 aromatic carbocycles. The summed E-state index contributed by atoms with van der Waals surface area (Å²) in [6.07, 6.45) is 1.28. The van der Waals surface area contributed by atoms with Crippen LogP contribution in [0.5, 0.6) is 0 Å². The van der Waals surface area contributed by atoms with Gasteiger partial charge in [-0.25, -0.2) is 0 Å². The lowest BCUT2D eigenvalue weighted by atomic mass is 10.4. The van der Waals surface area contributed by atoms with Crippen LogP contribution in [-0.2, 0) is 6.54 Å². The molecule has 0 aliphatic rings. The molecule has 1 aromatic heterocycles. The lowest BCUT2D eigenvalue weighted by molar-refractivity contribution is 0.276. The highest BCUT2D eigenvalue weighted by Crippen LogP contribution is 1.96. The SMILES string of the molecule is N#Cc1cn(CCO)c(N)nc1=O. The number of aromatic nitrogens is 2. The molecule has 1 rings (SSSR count). The largest absolute Gasteiger partial charge is 0.395 e. The Morgan fingerprint density at radius 2 is 2.46 bits per heavy atom. The van der Waals surface area contributed by atoms with Gasteiger partial charge in [-0.1, -0.05) is 0 Å². The minimum atomic E-state index is -0.644. The van der Waals surface area contributed by atoms with Crippen LogP contribution in [0.3, 0.4) is 0 Å². The molecule has 13 heavy (non-hydrogen) atoms. The molecule has 0 unspecified atom stereocenters. The van der Waals surface area contributed by atoms with Crippen LogP contribution in [0.4, 0.5) is 5.95 Å². The second kappa shape index (κ2) is 3.69. The van der Waals surface area contributed by atoms with E-state index in [9.17, 15) is 4.79 Å². The van der Waals surface area contributed by atoms with Crippen molar-refractivity contribution in [3.8, 4) is 6.07 Å². The molecular formula is C7H8N4O2. The summed E-state index contributed by atoms with van der Waals surface area (Å²) in [4.78, 5) is 14.4. The van der Waals surface area contributed by atoms with Gasteiger partial charge in [-0.05, 0) is 0 Å². The van der Waals surface area contributed by atoms with Gasteiger partial charge in [-0.15, -0.1) is 0 Å². The van der Waals surface area contributed by atoms with Gasteiger partial charge in [0.15, 0.2) is 0 Å². The van der Waals surface area contributed by atoms with Gasteiger partial charge in [0.05, 0.1) is 6.61 Å². The molecule has 0 aliphatic heterocycles. The maximum absolute atomic E-state index is 10.9. The Balaban J connectivity index is 3.24. The van der Waals surface area contributed by atoms with Gasteiger partial charge >= 0.3 is 0 Å². The van der Waals surface area contributed by atoms with Gasteiger partial charge in [0.2, 0.25) is 5.95 Å². The van der Waals surface area contributed by atoms with Gasteiger partial charge in [-0.2, -0.15) is 10.2 Å². The van der Waals surface area contributed by atoms with Gasteiger partial charge in [0, 0.05) is 12.7 Å². The first-order valence-electron chi connectivity index (χ1n) is 3.57. The molecular weight excluding hydrogens is 172 g/mol. The van der Waals surface area contributed by atoms with Crippen molar-refractivity contribution in [2.75, 3.05) is 12.3 Å². The molecule has 0 fully saturated rings. The lowest BCUT2D eigenvalue weighted by Crippen LogP contribution is -2.20. The number of nitriles is 1. The van der Waals surface area contributed by atoms with Crippen molar-refractivity contribution in [3.05, 3.63) is 22.1 Å². The van der Waals surface area contributed by atoms with Crippen LogP contribution in [0.2, 0.25) is 0 Å². The van der Waals surface area contributed by atoms with E-state index in [0.29, 0.717) is 0 Å². The smallest absolute Gasteiger partial charge is 0.292 e. The zero-order chi connectivity index (χ0) is 9.84. The lowest BCUT2D eigenvalue weighted by Gasteiger charge is -2.06. The average molecular weight is 180 g/mol. The van der Waals surface area contributed by atoms with E-state index in [-0.39, 0.29) is 24.7 Å². The molecule has 0 spiro atoms. The number of hydrogen-bond acceptors (Lipinski definition) is 5. The molecule has 1 heterocycles. The maximum atomic E-state index is 10.9. The summed E-state index contributed by atoms with van der Waals surface area (Å²) in [5.74, 6) is -0.00181. The van der Waals surface area contributed by atoms with E-state index < -0.39 is 5.56 Å². The second-order valence-corrected chi connectivity index (χ2v) is 2.35. The van der Waals surface area contributed by atoms with E-state index in [2.05, 4.69) is 4.98 Å². The summed E-state index contributed by atoms with van der Waals surface area (Å²) in [7, 11) is 0. The number of rotatable bonds is 2. The summed E-state index contributed by atoms with van der Waals surface area (Å²) in [5, 5.41) is 17.1. The van der Waals surface area contributed by atoms with E-state index in [0.717, 1.165) is 0 Å². The number of nitrogens with two attached hydrogens (primary N) is 1. The van der Waals surface area contributed by atoms with Gasteiger partial charge < -0.3 is 15.4 Å². The monoisotopic (exact) mass is 180 g/mol. The fourth-order valence-electron chi connectivity index (χ4n) is 0.869. The number of nitrogens with zero attached hydrogens (tertiary/aromatic N) is 3. The quantitative estimate of drug-likeness (QED) is 0.587. The van der Waals surface area contributed by atoms with Crippen LogP contribution < -0.4 is 11.3 Å². The standard InChI is InChI=1S/C7H8N4O2/c8-3-5-4-11(1-2-12)7(9)10-6(5)13/h4,12H,1-2H2,(H2,9,10,13). The minimum absolute atomic E-state index is 0.00181. The van der Waals surface area contributed by atoms with Crippen molar-refractivity contribution in [2.24, 2.45) is 0 Å². The highest BCUT2D eigenvalue weighted by molar-refractivity contribution is 5.28. The van der Waals surface area contributed by atoms with Crippen molar-refractivity contribution < 1.29 is 5.11 Å². The fraction of sp³-hybridized carbons (Fsp3) is 0.286. The number of aliphatic hydroxyl groups excluding tert-OH is 1. The van der Waals surface area contributed by atoms with E-state index >= 15 is 0 Å². The molecule has 0 atom stereocenters. The third kappa shape index (κ3) is 1.83. The molecule has 6 heteroatoms. The summed E-state index contributed by atoms with van der Waals surface area (Å²) in [6.45, 7) is 0.0907. The van der Waals surface area contributed by atoms with E-state index in [1.54, 1.807) is 6.07 Å². The summed E-state index contributed by atoms with van der Waals surface area (Å²) in [5.41, 5.74) is 4.64. The zero-order valence-corrected chi connectivity index (χ0v) is 6.77. The van der Waals surface area contributed by atoms with E-state index in [1.165, 1.54) is 10.8 Å². The molecule has 0 amide bonds. The Hall–Kier alpha value is -1.87. The van der Waals surface area contributed by atoms with Crippen LogP contribution in [0.25, 0.3) is 0 Å². The maximum Gasteiger partial charge on any atom is 0.292 e. The topological polar surface area (TPSA) is 105 Å². The van der Waals surface area contributed by atoms with Gasteiger partial charge in [0.25, 0.3) is 5.56 Å². The molecule has 0 bridgehead atoms. The predicted molar refractivity (Wildman–Crippen MR) is 44.7 cm³/mol. The number of aliphatic hydroxyl groups is 1. The highest BCUT2D eigenvalue weighted by Gasteiger charge is 2.03. The van der Waals surface area contributed by atoms with Crippen molar-refractivity contribution in [1.82, 2.24) is 9.55 Å². The third-order valence-electron chi connectivity index (χ3n) is 1.49. The number of hydrogen-bond donors (Lipinski definition) is 2. The van der Waals surface area contributed by atoms with Crippen LogP contribution >= 0.6 is 0 Å². The second-order valence-electron chi connectivity index (χ2n) is 2.35. The van der Waals surface area contributed by atoms with Crippen LogP contribution in [0.15, 0.2) is 11.0 Å². The summed E-state index contributed by atoms with van der Waals surface area (Å²) in [6, 6.07) is 1.69. The van der Waals surface area contributed by atoms with E-state index in [1.807, 2.05) is 0 Å². The Bertz CT molecular complexity index is 404. The van der Waals surface area contributed by atoms with E-state index in [4.69, 9.17) is 16.1 Å². The van der Waals surface area contributed by atoms with Crippen molar-refractivity contribution in [1.29, 1.82) is 5.26 Å². The number of nitrogen functional groups attached to an aromatic ring is 1. The first-order chi connectivity index (χ1) is 6.19. The van der Waals surface area contributed by atoms with Gasteiger partial charge in [0.1, 0.15) is 11.6 Å². The van der Waals surface area contributed by atoms with Crippen LogP contribution in [-0.4, -0.2) is 21.3 Å². The normalized spacial score (nSPS) is 9.54. The summed E-state index contributed by atoms with van der Waals surface area (Å²) < 4.78 is 1.35. The van der Waals surface area contributed by atoms with Crippen molar-refractivity contribution >= 4 is 5.95 Å². The molecule has 0 saturated heterocycles. The van der Waals surface area contributed by atoms with Crippen molar-refractivity contribution in [2.45, 2.75) is 6.54 Å². The Kier molecular flexibility index (Phi) is 2.62. The molecule has 68 valence electrons. The Labute approximate surface area is 73.9 Å². The zero-order valence-electron chi connectivity index (χ0n) is 6.77. The highest BCUT2D eigenvalue weighted by atomic mass is 16.3. The molecule has 6 nitrogen and oxygen atoms in total. The van der Waals surface area contributed by atoms with Crippen molar-refractivity contribution in [3.63, 3.8) is 0 Å². The minimum Gasteiger partial charge on any atom is -0.395 e. The first-order valence-corrected chi connectivity index (χ1v) is 3.57. The summed E-state index contributed by atoms with van der Waals surface area (Å²) >= 11 is 0.